The number of aromatic nitrogens is 2. The van der Waals surface area contributed by atoms with Gasteiger partial charge in [0.1, 0.15) is 5.75 Å². The van der Waals surface area contributed by atoms with Gasteiger partial charge in [-0.2, -0.15) is 5.10 Å². The minimum Gasteiger partial charge on any atom is -0.483 e. The number of aryl methyl sites for hydroxylation is 1. The molecule has 0 fully saturated rings. The predicted octanol–water partition coefficient (Wildman–Crippen LogP) is 3.71. The van der Waals surface area contributed by atoms with Gasteiger partial charge in [0.2, 0.25) is 0 Å². The first-order valence-corrected chi connectivity index (χ1v) is 8.61. The summed E-state index contributed by atoms with van der Waals surface area (Å²) in [5.41, 5.74) is 3.58. The number of Topliss-reactive ketones (excluding diaryl/α,β-unsaturated/α-hetero) is 1. The van der Waals surface area contributed by atoms with Crippen LogP contribution in [-0.4, -0.2) is 28.1 Å². The fourth-order valence-electron chi connectivity index (χ4n) is 2.85. The number of nitrogens with zero attached hydrogens (tertiary/aromatic N) is 2. The van der Waals surface area contributed by atoms with Crippen LogP contribution in [0.3, 0.4) is 0 Å². The van der Waals surface area contributed by atoms with Crippen LogP contribution in [0.4, 0.5) is 5.69 Å². The molecule has 0 saturated heterocycles. The number of nitrogens with one attached hydrogen (secondary N) is 1. The molecule has 1 amide bonds. The zero-order valence-corrected chi connectivity index (χ0v) is 15.5. The molecule has 3 rings (SSSR count). The maximum atomic E-state index is 12.4. The summed E-state index contributed by atoms with van der Waals surface area (Å²) in [6, 6.07) is 16.6. The van der Waals surface area contributed by atoms with Crippen molar-refractivity contribution < 1.29 is 14.3 Å². The molecular weight excluding hydrogens is 342 g/mol. The molecule has 3 aromatic rings. The summed E-state index contributed by atoms with van der Waals surface area (Å²) in [7, 11) is 0. The van der Waals surface area contributed by atoms with E-state index in [1.54, 1.807) is 28.9 Å². The number of carbonyl (C=O) groups excluding carboxylic acids is 2. The zero-order chi connectivity index (χ0) is 19.4. The molecule has 0 saturated carbocycles. The number of benzene rings is 2. The zero-order valence-electron chi connectivity index (χ0n) is 15.5. The smallest absolute Gasteiger partial charge is 0.262 e. The third-order valence-corrected chi connectivity index (χ3v) is 4.18. The minimum absolute atomic E-state index is 0.109. The molecular formula is C21H21N3O3. The van der Waals surface area contributed by atoms with E-state index in [0.717, 1.165) is 11.4 Å². The van der Waals surface area contributed by atoms with Crippen LogP contribution in [0.1, 0.15) is 28.7 Å². The molecule has 0 spiro atoms. The highest BCUT2D eigenvalue weighted by molar-refractivity contribution is 5.97. The SMILES string of the molecule is CC(=O)c1ccccc1OCC(=O)Nc1c(C)nn(-c2ccccc2)c1C. The van der Waals surface area contributed by atoms with Crippen LogP contribution in [0.5, 0.6) is 5.75 Å². The Morgan fingerprint density at radius 1 is 1.04 bits per heavy atom. The molecule has 0 aliphatic rings. The molecule has 0 atom stereocenters. The van der Waals surface area contributed by atoms with Crippen molar-refractivity contribution in [2.45, 2.75) is 20.8 Å². The molecule has 0 aliphatic heterocycles. The van der Waals surface area contributed by atoms with Gasteiger partial charge in [0.25, 0.3) is 5.91 Å². The Balaban J connectivity index is 1.72. The van der Waals surface area contributed by atoms with Crippen LogP contribution in [0, 0.1) is 13.8 Å². The van der Waals surface area contributed by atoms with E-state index in [9.17, 15) is 9.59 Å². The summed E-state index contributed by atoms with van der Waals surface area (Å²) in [5.74, 6) is -0.0254. The fraction of sp³-hybridized carbons (Fsp3) is 0.190. The Labute approximate surface area is 157 Å². The maximum Gasteiger partial charge on any atom is 0.262 e. The van der Waals surface area contributed by atoms with Gasteiger partial charge in [-0.05, 0) is 45.0 Å². The van der Waals surface area contributed by atoms with Crippen molar-refractivity contribution >= 4 is 17.4 Å². The molecule has 6 nitrogen and oxygen atoms in total. The molecule has 1 aromatic heterocycles. The Kier molecular flexibility index (Phi) is 5.35. The number of rotatable bonds is 6. The normalized spacial score (nSPS) is 10.5. The lowest BCUT2D eigenvalue weighted by atomic mass is 10.1. The van der Waals surface area contributed by atoms with Gasteiger partial charge in [-0.1, -0.05) is 30.3 Å². The summed E-state index contributed by atoms with van der Waals surface area (Å²) in [6.07, 6.45) is 0. The molecule has 0 aliphatic carbocycles. The van der Waals surface area contributed by atoms with Crippen LogP contribution >= 0.6 is 0 Å². The third kappa shape index (κ3) is 4.06. The van der Waals surface area contributed by atoms with Crippen molar-refractivity contribution in [3.05, 3.63) is 71.5 Å². The number of ketones is 1. The van der Waals surface area contributed by atoms with E-state index in [1.165, 1.54) is 6.92 Å². The van der Waals surface area contributed by atoms with Gasteiger partial charge in [-0.25, -0.2) is 4.68 Å². The summed E-state index contributed by atoms with van der Waals surface area (Å²) < 4.78 is 7.33. The van der Waals surface area contributed by atoms with Gasteiger partial charge >= 0.3 is 0 Å². The van der Waals surface area contributed by atoms with E-state index in [1.807, 2.05) is 44.2 Å². The lowest BCUT2D eigenvalue weighted by Crippen LogP contribution is -2.21. The second-order valence-corrected chi connectivity index (χ2v) is 6.18. The highest BCUT2D eigenvalue weighted by Gasteiger charge is 2.16. The summed E-state index contributed by atoms with van der Waals surface area (Å²) >= 11 is 0. The molecule has 27 heavy (non-hydrogen) atoms. The van der Waals surface area contributed by atoms with Crippen molar-refractivity contribution in [2.75, 3.05) is 11.9 Å². The molecule has 1 N–H and O–H groups in total. The largest absolute Gasteiger partial charge is 0.483 e. The van der Waals surface area contributed by atoms with E-state index in [4.69, 9.17) is 4.74 Å². The van der Waals surface area contributed by atoms with Crippen LogP contribution in [-0.2, 0) is 4.79 Å². The molecule has 2 aromatic carbocycles. The second kappa shape index (κ2) is 7.86. The monoisotopic (exact) mass is 363 g/mol. The van der Waals surface area contributed by atoms with Gasteiger partial charge in [0, 0.05) is 0 Å². The number of hydrogen-bond donors (Lipinski definition) is 1. The van der Waals surface area contributed by atoms with E-state index in [-0.39, 0.29) is 18.3 Å². The Bertz CT molecular complexity index is 978. The first-order valence-electron chi connectivity index (χ1n) is 8.61. The second-order valence-electron chi connectivity index (χ2n) is 6.18. The van der Waals surface area contributed by atoms with Crippen LogP contribution < -0.4 is 10.1 Å². The van der Waals surface area contributed by atoms with Crippen molar-refractivity contribution in [1.29, 1.82) is 0 Å². The first-order chi connectivity index (χ1) is 13.0. The standard InChI is InChI=1S/C21H21N3O3/c1-14-21(15(2)24(23-14)17-9-5-4-6-10-17)22-20(26)13-27-19-12-8-7-11-18(19)16(3)25/h4-12H,13H2,1-3H3,(H,22,26). The lowest BCUT2D eigenvalue weighted by Gasteiger charge is -2.10. The van der Waals surface area contributed by atoms with E-state index < -0.39 is 0 Å². The predicted molar refractivity (Wildman–Crippen MR) is 104 cm³/mol. The van der Waals surface area contributed by atoms with Crippen LogP contribution in [0.15, 0.2) is 54.6 Å². The molecule has 0 radical (unpaired) electrons. The number of anilines is 1. The average molecular weight is 363 g/mol. The van der Waals surface area contributed by atoms with E-state index >= 15 is 0 Å². The van der Waals surface area contributed by atoms with E-state index in [2.05, 4.69) is 10.4 Å². The Morgan fingerprint density at radius 2 is 1.70 bits per heavy atom. The van der Waals surface area contributed by atoms with Gasteiger partial charge in [-0.15, -0.1) is 0 Å². The highest BCUT2D eigenvalue weighted by Crippen LogP contribution is 2.23. The first kappa shape index (κ1) is 18.4. The molecule has 1 heterocycles. The quantitative estimate of drug-likeness (QED) is 0.678. The van der Waals surface area contributed by atoms with Crippen molar-refractivity contribution in [1.82, 2.24) is 9.78 Å². The highest BCUT2D eigenvalue weighted by atomic mass is 16.5. The molecule has 0 unspecified atom stereocenters. The number of ether oxygens (including phenoxy) is 1. The third-order valence-electron chi connectivity index (χ3n) is 4.18. The van der Waals surface area contributed by atoms with Gasteiger partial charge < -0.3 is 10.1 Å². The maximum absolute atomic E-state index is 12.4. The van der Waals surface area contributed by atoms with Gasteiger partial charge in [0.05, 0.1) is 28.3 Å². The number of para-hydroxylation sites is 2. The Morgan fingerprint density at radius 3 is 2.41 bits per heavy atom. The topological polar surface area (TPSA) is 73.2 Å². The number of carbonyl (C=O) groups is 2. The summed E-state index contributed by atoms with van der Waals surface area (Å²) in [5, 5.41) is 7.36. The van der Waals surface area contributed by atoms with Gasteiger partial charge in [-0.3, -0.25) is 9.59 Å². The van der Waals surface area contributed by atoms with Crippen LogP contribution in [0.2, 0.25) is 0 Å². The van der Waals surface area contributed by atoms with Crippen LogP contribution in [0.25, 0.3) is 5.69 Å². The van der Waals surface area contributed by atoms with E-state index in [0.29, 0.717) is 22.7 Å². The lowest BCUT2D eigenvalue weighted by molar-refractivity contribution is -0.118. The van der Waals surface area contributed by atoms with Crippen molar-refractivity contribution in [3.8, 4) is 11.4 Å². The minimum atomic E-state index is -0.313. The Hall–Kier alpha value is -3.41. The summed E-state index contributed by atoms with van der Waals surface area (Å²) in [6.45, 7) is 5.01. The summed E-state index contributed by atoms with van der Waals surface area (Å²) in [4.78, 5) is 24.0. The number of hydrogen-bond acceptors (Lipinski definition) is 4. The fourth-order valence-corrected chi connectivity index (χ4v) is 2.85. The van der Waals surface area contributed by atoms with Crippen molar-refractivity contribution in [3.63, 3.8) is 0 Å². The molecule has 138 valence electrons. The van der Waals surface area contributed by atoms with Gasteiger partial charge in [0.15, 0.2) is 12.4 Å². The molecule has 6 heteroatoms. The number of amides is 1. The molecule has 0 bridgehead atoms. The average Bonchev–Trinajstić information content (AvgIpc) is 2.95. The van der Waals surface area contributed by atoms with Crippen molar-refractivity contribution in [2.24, 2.45) is 0 Å².